The first kappa shape index (κ1) is 11.5. The number of hydrogen-bond donors (Lipinski definition) is 0. The van der Waals surface area contributed by atoms with Crippen LogP contribution in [0.5, 0.6) is 0 Å². The molecule has 0 amide bonds. The molecule has 1 aliphatic rings. The zero-order chi connectivity index (χ0) is 10.4. The first-order chi connectivity index (χ1) is 6.74. The Morgan fingerprint density at radius 1 is 1.36 bits per heavy atom. The van der Waals surface area contributed by atoms with E-state index in [1.807, 2.05) is 0 Å². The number of ether oxygens (including phenoxy) is 1. The standard InChI is InChI=1S/C12H22O2/c1-3-4-9-12(13)14-11-8-6-5-7-10(11)2/h10-11H,3-9H2,1-2H3/t10-,11-/m1/s1. The summed E-state index contributed by atoms with van der Waals surface area (Å²) in [6.45, 7) is 4.29. The Kier molecular flexibility index (Phi) is 4.99. The largest absolute Gasteiger partial charge is 0.462 e. The molecule has 0 radical (unpaired) electrons. The molecule has 1 aliphatic carbocycles. The van der Waals surface area contributed by atoms with Crippen LogP contribution in [-0.2, 0) is 9.53 Å². The van der Waals surface area contributed by atoms with Gasteiger partial charge in [0.2, 0.25) is 0 Å². The summed E-state index contributed by atoms with van der Waals surface area (Å²) in [7, 11) is 0. The Balaban J connectivity index is 2.23. The van der Waals surface area contributed by atoms with Crippen molar-refractivity contribution in [3.05, 3.63) is 0 Å². The highest BCUT2D eigenvalue weighted by atomic mass is 16.5. The van der Waals surface area contributed by atoms with Crippen LogP contribution in [0.15, 0.2) is 0 Å². The topological polar surface area (TPSA) is 26.3 Å². The molecule has 0 N–H and O–H groups in total. The number of hydrogen-bond acceptors (Lipinski definition) is 2. The third kappa shape index (κ3) is 3.69. The molecule has 0 heterocycles. The van der Waals surface area contributed by atoms with Crippen molar-refractivity contribution in [2.24, 2.45) is 5.92 Å². The molecule has 0 saturated heterocycles. The summed E-state index contributed by atoms with van der Waals surface area (Å²) in [6, 6.07) is 0. The van der Waals surface area contributed by atoms with E-state index in [9.17, 15) is 4.79 Å². The monoisotopic (exact) mass is 198 g/mol. The fourth-order valence-electron chi connectivity index (χ4n) is 2.01. The number of unbranched alkanes of at least 4 members (excludes halogenated alkanes) is 1. The lowest BCUT2D eigenvalue weighted by molar-refractivity contribution is -0.153. The maximum Gasteiger partial charge on any atom is 0.306 e. The second-order valence-corrected chi connectivity index (χ2v) is 4.39. The first-order valence-corrected chi connectivity index (χ1v) is 5.93. The highest BCUT2D eigenvalue weighted by molar-refractivity contribution is 5.69. The van der Waals surface area contributed by atoms with Gasteiger partial charge < -0.3 is 4.74 Å². The van der Waals surface area contributed by atoms with Crippen LogP contribution < -0.4 is 0 Å². The van der Waals surface area contributed by atoms with E-state index in [-0.39, 0.29) is 12.1 Å². The summed E-state index contributed by atoms with van der Waals surface area (Å²) in [5, 5.41) is 0. The third-order valence-corrected chi connectivity index (χ3v) is 3.05. The van der Waals surface area contributed by atoms with Gasteiger partial charge in [0.25, 0.3) is 0 Å². The van der Waals surface area contributed by atoms with Gasteiger partial charge in [-0.2, -0.15) is 0 Å². The smallest absolute Gasteiger partial charge is 0.306 e. The average Bonchev–Trinajstić information content (AvgIpc) is 2.18. The molecule has 0 bridgehead atoms. The van der Waals surface area contributed by atoms with E-state index >= 15 is 0 Å². The van der Waals surface area contributed by atoms with Crippen LogP contribution in [-0.4, -0.2) is 12.1 Å². The van der Waals surface area contributed by atoms with Crippen LogP contribution in [0.25, 0.3) is 0 Å². The van der Waals surface area contributed by atoms with Gasteiger partial charge >= 0.3 is 5.97 Å². The van der Waals surface area contributed by atoms with Gasteiger partial charge in [0.05, 0.1) is 0 Å². The van der Waals surface area contributed by atoms with Crippen LogP contribution in [0.3, 0.4) is 0 Å². The van der Waals surface area contributed by atoms with Gasteiger partial charge in [-0.3, -0.25) is 4.79 Å². The molecular weight excluding hydrogens is 176 g/mol. The fourth-order valence-corrected chi connectivity index (χ4v) is 2.01. The van der Waals surface area contributed by atoms with E-state index in [0.717, 1.165) is 19.3 Å². The van der Waals surface area contributed by atoms with Crippen LogP contribution in [0, 0.1) is 5.92 Å². The van der Waals surface area contributed by atoms with Gasteiger partial charge in [-0.25, -0.2) is 0 Å². The van der Waals surface area contributed by atoms with Gasteiger partial charge in [0, 0.05) is 6.42 Å². The summed E-state index contributed by atoms with van der Waals surface area (Å²) in [6.07, 6.45) is 7.62. The van der Waals surface area contributed by atoms with Crippen molar-refractivity contribution in [1.82, 2.24) is 0 Å². The Morgan fingerprint density at radius 3 is 2.71 bits per heavy atom. The zero-order valence-corrected chi connectivity index (χ0v) is 9.42. The molecular formula is C12H22O2. The zero-order valence-electron chi connectivity index (χ0n) is 9.42. The highest BCUT2D eigenvalue weighted by Crippen LogP contribution is 2.26. The maximum atomic E-state index is 11.4. The molecule has 1 saturated carbocycles. The third-order valence-electron chi connectivity index (χ3n) is 3.05. The van der Waals surface area contributed by atoms with E-state index in [0.29, 0.717) is 12.3 Å². The first-order valence-electron chi connectivity index (χ1n) is 5.93. The lowest BCUT2D eigenvalue weighted by Gasteiger charge is -2.28. The lowest BCUT2D eigenvalue weighted by atomic mass is 9.88. The predicted octanol–water partition coefficient (Wildman–Crippen LogP) is 3.30. The molecule has 0 aromatic carbocycles. The summed E-state index contributed by atoms with van der Waals surface area (Å²) in [4.78, 5) is 11.4. The normalized spacial score (nSPS) is 27.3. The molecule has 0 spiro atoms. The van der Waals surface area contributed by atoms with Gasteiger partial charge in [-0.05, 0) is 31.6 Å². The van der Waals surface area contributed by atoms with Crippen LogP contribution in [0.1, 0.15) is 58.8 Å². The number of carbonyl (C=O) groups excluding carboxylic acids is 1. The summed E-state index contributed by atoms with van der Waals surface area (Å²) < 4.78 is 5.47. The quantitative estimate of drug-likeness (QED) is 0.648. The molecule has 0 aliphatic heterocycles. The Hall–Kier alpha value is -0.530. The fraction of sp³-hybridized carbons (Fsp3) is 0.917. The number of carbonyl (C=O) groups is 1. The Morgan fingerprint density at radius 2 is 2.07 bits per heavy atom. The highest BCUT2D eigenvalue weighted by Gasteiger charge is 2.24. The SMILES string of the molecule is CCCCC(=O)O[C@@H]1CCCC[C@H]1C. The minimum atomic E-state index is 0.00519. The predicted molar refractivity (Wildman–Crippen MR) is 57.0 cm³/mol. The van der Waals surface area contributed by atoms with Crippen LogP contribution in [0.4, 0.5) is 0 Å². The molecule has 0 aromatic rings. The second-order valence-electron chi connectivity index (χ2n) is 4.39. The van der Waals surface area contributed by atoms with Crippen molar-refractivity contribution >= 4 is 5.97 Å². The van der Waals surface area contributed by atoms with E-state index in [2.05, 4.69) is 13.8 Å². The maximum absolute atomic E-state index is 11.4. The molecule has 0 aromatic heterocycles. The molecule has 1 rings (SSSR count). The van der Waals surface area contributed by atoms with E-state index in [1.165, 1.54) is 19.3 Å². The average molecular weight is 198 g/mol. The molecule has 2 heteroatoms. The van der Waals surface area contributed by atoms with Crippen molar-refractivity contribution in [2.45, 2.75) is 64.9 Å². The van der Waals surface area contributed by atoms with E-state index in [1.54, 1.807) is 0 Å². The van der Waals surface area contributed by atoms with Crippen LogP contribution >= 0.6 is 0 Å². The van der Waals surface area contributed by atoms with E-state index < -0.39 is 0 Å². The van der Waals surface area contributed by atoms with Crippen molar-refractivity contribution < 1.29 is 9.53 Å². The van der Waals surface area contributed by atoms with Crippen molar-refractivity contribution in [1.29, 1.82) is 0 Å². The van der Waals surface area contributed by atoms with Crippen molar-refractivity contribution in [3.63, 3.8) is 0 Å². The van der Waals surface area contributed by atoms with Gasteiger partial charge in [0.1, 0.15) is 6.10 Å². The summed E-state index contributed by atoms with van der Waals surface area (Å²) >= 11 is 0. The summed E-state index contributed by atoms with van der Waals surface area (Å²) in [5.74, 6) is 0.569. The Labute approximate surface area is 87.0 Å². The molecule has 1 fully saturated rings. The lowest BCUT2D eigenvalue weighted by Crippen LogP contribution is -2.28. The van der Waals surface area contributed by atoms with Gasteiger partial charge in [-0.15, -0.1) is 0 Å². The Bertz CT molecular complexity index is 177. The second kappa shape index (κ2) is 6.05. The van der Waals surface area contributed by atoms with Crippen LogP contribution in [0.2, 0.25) is 0 Å². The number of rotatable bonds is 4. The van der Waals surface area contributed by atoms with Gasteiger partial charge in [-0.1, -0.05) is 26.7 Å². The van der Waals surface area contributed by atoms with E-state index in [4.69, 9.17) is 4.74 Å². The molecule has 2 nitrogen and oxygen atoms in total. The molecule has 14 heavy (non-hydrogen) atoms. The minimum Gasteiger partial charge on any atom is -0.462 e. The molecule has 0 unspecified atom stereocenters. The van der Waals surface area contributed by atoms with Crippen molar-refractivity contribution in [3.8, 4) is 0 Å². The van der Waals surface area contributed by atoms with Crippen molar-refractivity contribution in [2.75, 3.05) is 0 Å². The van der Waals surface area contributed by atoms with Gasteiger partial charge in [0.15, 0.2) is 0 Å². The molecule has 2 atom stereocenters. The summed E-state index contributed by atoms with van der Waals surface area (Å²) in [5.41, 5.74) is 0. The number of esters is 1. The minimum absolute atomic E-state index is 0.00519. The molecule has 82 valence electrons.